The molecule has 0 saturated carbocycles. The molecule has 0 aliphatic heterocycles. The summed E-state index contributed by atoms with van der Waals surface area (Å²) in [6.07, 6.45) is 5.66. The van der Waals surface area contributed by atoms with Gasteiger partial charge in [-0.25, -0.2) is 9.97 Å². The molecule has 2 heterocycles. The van der Waals surface area contributed by atoms with Gasteiger partial charge in [-0.15, -0.1) is 11.3 Å². The number of imidazole rings is 1. The minimum absolute atomic E-state index is 0.780. The average Bonchev–Trinajstić information content (AvgIpc) is 2.77. The van der Waals surface area contributed by atoms with Gasteiger partial charge in [0.15, 0.2) is 0 Å². The summed E-state index contributed by atoms with van der Waals surface area (Å²) in [5, 5.41) is 4.45. The second-order valence-electron chi connectivity index (χ2n) is 3.42. The second-order valence-corrected chi connectivity index (χ2v) is 4.74. The van der Waals surface area contributed by atoms with Crippen LogP contribution in [0.4, 0.5) is 0 Å². The maximum absolute atomic E-state index is 4.29. The molecule has 80 valence electrons. The lowest BCUT2D eigenvalue weighted by atomic mass is 10.5. The van der Waals surface area contributed by atoms with Gasteiger partial charge in [0.2, 0.25) is 0 Å². The van der Waals surface area contributed by atoms with Gasteiger partial charge in [-0.3, -0.25) is 0 Å². The first-order valence-corrected chi connectivity index (χ1v) is 5.65. The molecule has 0 atom stereocenters. The summed E-state index contributed by atoms with van der Waals surface area (Å²) in [7, 11) is 2.00. The predicted molar refractivity (Wildman–Crippen MR) is 60.6 cm³/mol. The summed E-state index contributed by atoms with van der Waals surface area (Å²) in [4.78, 5) is 9.77. The van der Waals surface area contributed by atoms with Crippen molar-refractivity contribution in [3.8, 4) is 0 Å². The van der Waals surface area contributed by atoms with Crippen molar-refractivity contribution in [3.05, 3.63) is 34.3 Å². The van der Waals surface area contributed by atoms with E-state index in [2.05, 4.69) is 22.2 Å². The van der Waals surface area contributed by atoms with Crippen LogP contribution in [-0.2, 0) is 20.1 Å². The minimum atomic E-state index is 0.780. The van der Waals surface area contributed by atoms with E-state index in [0.717, 1.165) is 23.9 Å². The highest BCUT2D eigenvalue weighted by Gasteiger charge is 2.00. The molecule has 15 heavy (non-hydrogen) atoms. The Labute approximate surface area is 93.0 Å². The van der Waals surface area contributed by atoms with E-state index in [4.69, 9.17) is 0 Å². The molecule has 0 fully saturated rings. The Kier molecular flexibility index (Phi) is 3.13. The second kappa shape index (κ2) is 4.55. The maximum Gasteiger partial charge on any atom is 0.122 e. The lowest BCUT2D eigenvalue weighted by molar-refractivity contribution is 0.637. The highest BCUT2D eigenvalue weighted by molar-refractivity contribution is 7.11. The van der Waals surface area contributed by atoms with E-state index in [1.165, 1.54) is 4.88 Å². The van der Waals surface area contributed by atoms with Crippen molar-refractivity contribution >= 4 is 11.3 Å². The smallest absolute Gasteiger partial charge is 0.122 e. The predicted octanol–water partition coefficient (Wildman–Crippen LogP) is 1.47. The highest BCUT2D eigenvalue weighted by atomic mass is 32.1. The molecule has 4 nitrogen and oxygen atoms in total. The first-order chi connectivity index (χ1) is 7.25. The fraction of sp³-hybridized carbons (Fsp3) is 0.400. The van der Waals surface area contributed by atoms with E-state index in [9.17, 15) is 0 Å². The van der Waals surface area contributed by atoms with Crippen molar-refractivity contribution in [2.75, 3.05) is 0 Å². The van der Waals surface area contributed by atoms with Crippen LogP contribution < -0.4 is 5.32 Å². The Bertz CT molecular complexity index is 432. The Morgan fingerprint density at radius 3 is 2.87 bits per heavy atom. The topological polar surface area (TPSA) is 42.7 Å². The number of aromatic nitrogens is 3. The van der Waals surface area contributed by atoms with Crippen LogP contribution in [0, 0.1) is 6.92 Å². The lowest BCUT2D eigenvalue weighted by Crippen LogP contribution is -2.15. The zero-order valence-corrected chi connectivity index (χ0v) is 9.71. The zero-order valence-electron chi connectivity index (χ0n) is 8.90. The van der Waals surface area contributed by atoms with Crippen molar-refractivity contribution in [1.29, 1.82) is 0 Å². The Hall–Kier alpha value is -1.20. The quantitative estimate of drug-likeness (QED) is 0.852. The van der Waals surface area contributed by atoms with Gasteiger partial charge in [0.05, 0.1) is 6.54 Å². The standard InChI is InChI=1S/C10H14N4S/c1-8-5-13-10(15-8)7-11-6-9-12-3-4-14(9)2/h3-5,11H,6-7H2,1-2H3. The number of nitrogens with zero attached hydrogens (tertiary/aromatic N) is 3. The monoisotopic (exact) mass is 222 g/mol. The molecule has 0 spiro atoms. The van der Waals surface area contributed by atoms with Crippen LogP contribution in [-0.4, -0.2) is 14.5 Å². The Morgan fingerprint density at radius 2 is 2.27 bits per heavy atom. The van der Waals surface area contributed by atoms with E-state index < -0.39 is 0 Å². The van der Waals surface area contributed by atoms with Gasteiger partial charge in [-0.2, -0.15) is 0 Å². The highest BCUT2D eigenvalue weighted by Crippen LogP contribution is 2.10. The molecule has 0 aliphatic carbocycles. The zero-order chi connectivity index (χ0) is 10.7. The van der Waals surface area contributed by atoms with Gasteiger partial charge in [-0.1, -0.05) is 0 Å². The van der Waals surface area contributed by atoms with Crippen LogP contribution >= 0.6 is 11.3 Å². The molecule has 0 aromatic carbocycles. The van der Waals surface area contributed by atoms with Gasteiger partial charge in [-0.05, 0) is 6.92 Å². The molecule has 2 rings (SSSR count). The van der Waals surface area contributed by atoms with E-state index in [1.807, 2.05) is 30.2 Å². The average molecular weight is 222 g/mol. The van der Waals surface area contributed by atoms with Crippen molar-refractivity contribution in [3.63, 3.8) is 0 Å². The fourth-order valence-electron chi connectivity index (χ4n) is 1.33. The van der Waals surface area contributed by atoms with Crippen molar-refractivity contribution in [2.45, 2.75) is 20.0 Å². The van der Waals surface area contributed by atoms with Gasteiger partial charge in [0.1, 0.15) is 10.8 Å². The third-order valence-corrected chi connectivity index (χ3v) is 3.06. The van der Waals surface area contributed by atoms with E-state index in [0.29, 0.717) is 0 Å². The minimum Gasteiger partial charge on any atom is -0.337 e. The lowest BCUT2D eigenvalue weighted by Gasteiger charge is -2.02. The summed E-state index contributed by atoms with van der Waals surface area (Å²) in [6.45, 7) is 3.66. The van der Waals surface area contributed by atoms with Crippen molar-refractivity contribution in [2.24, 2.45) is 7.05 Å². The molecule has 0 bridgehead atoms. The third kappa shape index (κ3) is 2.64. The van der Waals surface area contributed by atoms with Crippen LogP contribution in [0.1, 0.15) is 15.7 Å². The van der Waals surface area contributed by atoms with Crippen LogP contribution in [0.3, 0.4) is 0 Å². The molecule has 0 radical (unpaired) electrons. The fourth-order valence-corrected chi connectivity index (χ4v) is 2.09. The van der Waals surface area contributed by atoms with Crippen LogP contribution in [0.5, 0.6) is 0 Å². The summed E-state index contributed by atoms with van der Waals surface area (Å²) < 4.78 is 2.01. The Morgan fingerprint density at radius 1 is 1.40 bits per heavy atom. The van der Waals surface area contributed by atoms with Crippen LogP contribution in [0.25, 0.3) is 0 Å². The summed E-state index contributed by atoms with van der Waals surface area (Å²) in [6, 6.07) is 0. The summed E-state index contributed by atoms with van der Waals surface area (Å²) in [5.74, 6) is 1.04. The number of aryl methyl sites for hydroxylation is 2. The number of hydrogen-bond donors (Lipinski definition) is 1. The molecule has 0 unspecified atom stereocenters. The number of thiazole rings is 1. The van der Waals surface area contributed by atoms with Gasteiger partial charge < -0.3 is 9.88 Å². The van der Waals surface area contributed by atoms with Crippen molar-refractivity contribution in [1.82, 2.24) is 19.9 Å². The molecule has 2 aromatic heterocycles. The van der Waals surface area contributed by atoms with Crippen molar-refractivity contribution < 1.29 is 0 Å². The van der Waals surface area contributed by atoms with Crippen LogP contribution in [0.2, 0.25) is 0 Å². The van der Waals surface area contributed by atoms with E-state index in [-0.39, 0.29) is 0 Å². The van der Waals surface area contributed by atoms with E-state index >= 15 is 0 Å². The molecule has 0 amide bonds. The molecule has 0 saturated heterocycles. The van der Waals surface area contributed by atoms with Gasteiger partial charge in [0.25, 0.3) is 0 Å². The summed E-state index contributed by atoms with van der Waals surface area (Å²) >= 11 is 1.73. The maximum atomic E-state index is 4.29. The first-order valence-electron chi connectivity index (χ1n) is 4.84. The van der Waals surface area contributed by atoms with Gasteiger partial charge >= 0.3 is 0 Å². The normalized spacial score (nSPS) is 10.8. The first kappa shape index (κ1) is 10.3. The SMILES string of the molecule is Cc1cnc(CNCc2nccn2C)s1. The molecular weight excluding hydrogens is 208 g/mol. The molecular formula is C10H14N4S. The Balaban J connectivity index is 1.83. The summed E-state index contributed by atoms with van der Waals surface area (Å²) in [5.41, 5.74) is 0. The number of nitrogens with one attached hydrogen (secondary N) is 1. The molecule has 2 aromatic rings. The molecule has 5 heteroatoms. The third-order valence-electron chi connectivity index (χ3n) is 2.15. The van der Waals surface area contributed by atoms with Gasteiger partial charge in [0, 0.05) is 37.1 Å². The van der Waals surface area contributed by atoms with E-state index in [1.54, 1.807) is 11.3 Å². The largest absolute Gasteiger partial charge is 0.337 e. The molecule has 0 aliphatic rings. The number of rotatable bonds is 4. The number of hydrogen-bond acceptors (Lipinski definition) is 4. The van der Waals surface area contributed by atoms with Crippen LogP contribution in [0.15, 0.2) is 18.6 Å². The molecule has 1 N–H and O–H groups in total.